The topological polar surface area (TPSA) is 84.8 Å². The van der Waals surface area contributed by atoms with E-state index in [9.17, 15) is 9.90 Å². The fraction of sp³-hybridized carbons (Fsp3) is 0.577. The summed E-state index contributed by atoms with van der Waals surface area (Å²) >= 11 is 6.50. The molecule has 4 rings (SSSR count). The summed E-state index contributed by atoms with van der Waals surface area (Å²) in [5, 5.41) is 10.2. The third-order valence-electron chi connectivity index (χ3n) is 6.41. The average Bonchev–Trinajstić information content (AvgIpc) is 3.53. The van der Waals surface area contributed by atoms with Crippen molar-refractivity contribution in [1.29, 1.82) is 0 Å². The zero-order valence-electron chi connectivity index (χ0n) is 20.2. The van der Waals surface area contributed by atoms with Gasteiger partial charge in [-0.2, -0.15) is 0 Å². The Morgan fingerprint density at radius 2 is 1.97 bits per heavy atom. The summed E-state index contributed by atoms with van der Waals surface area (Å²) in [6, 6.07) is 7.89. The first kappa shape index (κ1) is 24.7. The van der Waals surface area contributed by atoms with Crippen LogP contribution in [0.15, 0.2) is 30.6 Å². The van der Waals surface area contributed by atoms with Crippen LogP contribution in [0.3, 0.4) is 0 Å². The van der Waals surface area contributed by atoms with Gasteiger partial charge in [-0.05, 0) is 43.9 Å². The fourth-order valence-electron chi connectivity index (χ4n) is 4.11. The molecule has 0 amide bonds. The van der Waals surface area contributed by atoms with Gasteiger partial charge in [0.1, 0.15) is 35.6 Å². The Hall–Kier alpha value is -2.38. The summed E-state index contributed by atoms with van der Waals surface area (Å²) in [7, 11) is 0. The lowest BCUT2D eigenvalue weighted by atomic mass is 9.93. The lowest BCUT2D eigenvalue weighted by Crippen LogP contribution is -2.29. The maximum atomic E-state index is 12.5. The molecule has 1 aromatic carbocycles. The minimum absolute atomic E-state index is 0.00442. The highest BCUT2D eigenvalue weighted by Gasteiger charge is 2.28. The quantitative estimate of drug-likeness (QED) is 0.487. The van der Waals surface area contributed by atoms with Crippen molar-refractivity contribution in [3.63, 3.8) is 0 Å². The molecule has 0 radical (unpaired) electrons. The van der Waals surface area contributed by atoms with E-state index < -0.39 is 5.60 Å². The maximum absolute atomic E-state index is 12.5. The highest BCUT2D eigenvalue weighted by molar-refractivity contribution is 6.34. The van der Waals surface area contributed by atoms with Gasteiger partial charge in [0.25, 0.3) is 0 Å². The number of Topliss-reactive ketones (excluding diaryl/α,β-unsaturated/α-hetero) is 1. The van der Waals surface area contributed by atoms with Crippen LogP contribution in [0.5, 0.6) is 11.6 Å². The number of hydrogen-bond acceptors (Lipinski definition) is 7. The summed E-state index contributed by atoms with van der Waals surface area (Å²) in [6.07, 6.45) is 6.53. The van der Waals surface area contributed by atoms with Gasteiger partial charge in [0, 0.05) is 25.3 Å². The van der Waals surface area contributed by atoms with Gasteiger partial charge in [-0.1, -0.05) is 43.5 Å². The predicted molar refractivity (Wildman–Crippen MR) is 132 cm³/mol. The Morgan fingerprint density at radius 3 is 2.65 bits per heavy atom. The second-order valence-corrected chi connectivity index (χ2v) is 10.5. The standard InChI is InChI=1S/C26H34ClN3O4/c1-17(22(31)11-6-18-4-5-18)19-7-9-20(10-8-19)34-21-12-13-30(14-21)24-23(27)25(29-16-28-24)33-15-26(2,3)32/h7-10,16-18,21,32H,4-6,11-15H2,1-3H3/t17?,21-/m1/s1. The molecule has 1 unspecified atom stereocenters. The molecule has 184 valence electrons. The number of ether oxygens (including phenoxy) is 2. The van der Waals surface area contributed by atoms with Gasteiger partial charge in [-0.25, -0.2) is 9.97 Å². The van der Waals surface area contributed by atoms with E-state index in [4.69, 9.17) is 21.1 Å². The van der Waals surface area contributed by atoms with E-state index >= 15 is 0 Å². The van der Waals surface area contributed by atoms with E-state index in [0.717, 1.165) is 36.6 Å². The van der Waals surface area contributed by atoms with Crippen molar-refractivity contribution in [2.75, 3.05) is 24.6 Å². The van der Waals surface area contributed by atoms with Crippen LogP contribution < -0.4 is 14.4 Å². The molecule has 1 aliphatic carbocycles. The van der Waals surface area contributed by atoms with Gasteiger partial charge in [0.05, 0.1) is 12.1 Å². The predicted octanol–water partition coefficient (Wildman–Crippen LogP) is 4.80. The summed E-state index contributed by atoms with van der Waals surface area (Å²) in [4.78, 5) is 23.0. The molecular weight excluding hydrogens is 454 g/mol. The zero-order chi connectivity index (χ0) is 24.3. The highest BCUT2D eigenvalue weighted by atomic mass is 35.5. The molecule has 2 aliphatic rings. The number of aromatic nitrogens is 2. The third kappa shape index (κ3) is 6.60. The van der Waals surface area contributed by atoms with Crippen molar-refractivity contribution in [2.45, 2.75) is 70.5 Å². The van der Waals surface area contributed by atoms with Crippen LogP contribution in [0.25, 0.3) is 0 Å². The van der Waals surface area contributed by atoms with E-state index in [-0.39, 0.29) is 24.5 Å². The Labute approximate surface area is 206 Å². The van der Waals surface area contributed by atoms with Gasteiger partial charge in [0.2, 0.25) is 5.88 Å². The van der Waals surface area contributed by atoms with E-state index in [2.05, 4.69) is 14.9 Å². The lowest BCUT2D eigenvalue weighted by molar-refractivity contribution is -0.120. The lowest BCUT2D eigenvalue weighted by Gasteiger charge is -2.21. The Morgan fingerprint density at radius 1 is 1.24 bits per heavy atom. The van der Waals surface area contributed by atoms with Gasteiger partial charge in [-0.15, -0.1) is 0 Å². The second kappa shape index (κ2) is 10.5. The molecule has 2 fully saturated rings. The van der Waals surface area contributed by atoms with E-state index in [0.29, 0.717) is 29.6 Å². The van der Waals surface area contributed by atoms with Crippen molar-refractivity contribution < 1.29 is 19.4 Å². The molecule has 8 heteroatoms. The summed E-state index contributed by atoms with van der Waals surface area (Å²) in [5.41, 5.74) is 0.0469. The Bertz CT molecular complexity index is 989. The first-order chi connectivity index (χ1) is 16.2. The molecule has 7 nitrogen and oxygen atoms in total. The minimum Gasteiger partial charge on any atom is -0.489 e. The summed E-state index contributed by atoms with van der Waals surface area (Å²) < 4.78 is 11.8. The van der Waals surface area contributed by atoms with Gasteiger partial charge in [0.15, 0.2) is 5.82 Å². The first-order valence-electron chi connectivity index (χ1n) is 12.1. The largest absolute Gasteiger partial charge is 0.489 e. The van der Waals surface area contributed by atoms with Crippen LogP contribution in [0, 0.1) is 5.92 Å². The van der Waals surface area contributed by atoms with Crippen LogP contribution in [0.1, 0.15) is 64.4 Å². The normalized spacial score (nSPS) is 19.2. The Kier molecular flexibility index (Phi) is 7.63. The zero-order valence-corrected chi connectivity index (χ0v) is 20.9. The average molecular weight is 488 g/mol. The number of carbonyl (C=O) groups excluding carboxylic acids is 1. The van der Waals surface area contributed by atoms with E-state index in [1.54, 1.807) is 13.8 Å². The number of anilines is 1. The van der Waals surface area contributed by atoms with Gasteiger partial charge < -0.3 is 19.5 Å². The molecule has 1 saturated carbocycles. The fourth-order valence-corrected chi connectivity index (χ4v) is 4.38. The van der Waals surface area contributed by atoms with E-state index in [1.807, 2.05) is 31.2 Å². The van der Waals surface area contributed by atoms with Gasteiger partial charge >= 0.3 is 0 Å². The van der Waals surface area contributed by atoms with Crippen molar-refractivity contribution in [1.82, 2.24) is 9.97 Å². The van der Waals surface area contributed by atoms with Crippen LogP contribution in [0.4, 0.5) is 5.82 Å². The Balaban J connectivity index is 1.31. The number of rotatable bonds is 11. The van der Waals surface area contributed by atoms with Crippen molar-refractivity contribution in [3.8, 4) is 11.6 Å². The molecule has 1 saturated heterocycles. The molecule has 0 spiro atoms. The van der Waals surface area contributed by atoms with Crippen molar-refractivity contribution >= 4 is 23.2 Å². The van der Waals surface area contributed by atoms with Crippen molar-refractivity contribution in [2.24, 2.45) is 5.92 Å². The molecular formula is C26H34ClN3O4. The number of carbonyl (C=O) groups is 1. The molecule has 2 heterocycles. The molecule has 2 aromatic rings. The molecule has 1 aliphatic heterocycles. The molecule has 1 aromatic heterocycles. The summed E-state index contributed by atoms with van der Waals surface area (Å²) in [6.45, 7) is 6.77. The molecule has 1 N–H and O–H groups in total. The number of aliphatic hydroxyl groups is 1. The maximum Gasteiger partial charge on any atom is 0.238 e. The number of hydrogen-bond donors (Lipinski definition) is 1. The molecule has 2 atom stereocenters. The van der Waals surface area contributed by atoms with Crippen LogP contribution in [0.2, 0.25) is 5.02 Å². The molecule has 0 bridgehead atoms. The highest BCUT2D eigenvalue weighted by Crippen LogP contribution is 2.35. The number of halogens is 1. The van der Waals surface area contributed by atoms with Crippen molar-refractivity contribution in [3.05, 3.63) is 41.2 Å². The van der Waals surface area contributed by atoms with Crippen LogP contribution >= 0.6 is 11.6 Å². The van der Waals surface area contributed by atoms with Gasteiger partial charge in [-0.3, -0.25) is 4.79 Å². The minimum atomic E-state index is -0.988. The molecule has 34 heavy (non-hydrogen) atoms. The monoisotopic (exact) mass is 487 g/mol. The number of ketones is 1. The SMILES string of the molecule is CC(C(=O)CCC1CC1)c1ccc(O[C@@H]2CCN(c3ncnc(OCC(C)(C)O)c3Cl)C2)cc1. The van der Waals surface area contributed by atoms with E-state index in [1.165, 1.54) is 19.2 Å². The second-order valence-electron chi connectivity index (χ2n) is 10.1. The van der Waals surface area contributed by atoms with Crippen LogP contribution in [-0.2, 0) is 4.79 Å². The third-order valence-corrected chi connectivity index (χ3v) is 6.74. The first-order valence-corrected chi connectivity index (χ1v) is 12.5. The van der Waals surface area contributed by atoms with Crippen LogP contribution in [-0.4, -0.2) is 52.3 Å². The summed E-state index contributed by atoms with van der Waals surface area (Å²) in [5.74, 6) is 2.66. The number of benzene rings is 1. The number of nitrogens with zero attached hydrogens (tertiary/aromatic N) is 3. The smallest absolute Gasteiger partial charge is 0.238 e.